The molecule has 0 heterocycles. The van der Waals surface area contributed by atoms with Crippen molar-refractivity contribution in [2.75, 3.05) is 0 Å². The Morgan fingerprint density at radius 2 is 1.33 bits per heavy atom. The predicted molar refractivity (Wildman–Crippen MR) is 58.5 cm³/mol. The van der Waals surface area contributed by atoms with Crippen molar-refractivity contribution in [3.05, 3.63) is 29.1 Å². The van der Waals surface area contributed by atoms with Crippen LogP contribution in [0.5, 0.6) is 0 Å². The van der Waals surface area contributed by atoms with Gasteiger partial charge in [-0.15, -0.1) is 0 Å². The van der Waals surface area contributed by atoms with Gasteiger partial charge < -0.3 is 0 Å². The van der Waals surface area contributed by atoms with Crippen LogP contribution >= 0.6 is 0 Å². The van der Waals surface area contributed by atoms with Gasteiger partial charge in [-0.3, -0.25) is 4.99 Å². The van der Waals surface area contributed by atoms with Crippen LogP contribution in [0.3, 0.4) is 0 Å². The minimum absolute atomic E-state index is 0.424. The van der Waals surface area contributed by atoms with Gasteiger partial charge in [0.1, 0.15) is 5.69 Å². The lowest BCUT2D eigenvalue weighted by Crippen LogP contribution is -2.00. The van der Waals surface area contributed by atoms with Gasteiger partial charge in [0.05, 0.1) is 0 Å². The molecule has 0 aliphatic rings. The van der Waals surface area contributed by atoms with Gasteiger partial charge in [-0.2, -0.15) is 0 Å². The monoisotopic (exact) mass is 265 g/mol. The Balaban J connectivity index is 2.96. The molecule has 100 valence electrons. The molecule has 0 fully saturated rings. The Morgan fingerprint density at radius 1 is 0.833 bits per heavy atom. The number of hydrogen-bond donors (Lipinski definition) is 0. The van der Waals surface area contributed by atoms with Crippen LogP contribution in [-0.2, 0) is 0 Å². The molecule has 0 saturated carbocycles. The second kappa shape index (κ2) is 6.47. The zero-order chi connectivity index (χ0) is 13.7. The van der Waals surface area contributed by atoms with Crippen LogP contribution in [0.4, 0.5) is 27.6 Å². The lowest BCUT2D eigenvalue weighted by Gasteiger charge is -2.03. The topological polar surface area (TPSA) is 12.4 Å². The van der Waals surface area contributed by atoms with Gasteiger partial charge in [0.15, 0.2) is 23.3 Å². The summed E-state index contributed by atoms with van der Waals surface area (Å²) >= 11 is 0. The first kappa shape index (κ1) is 14.6. The smallest absolute Gasteiger partial charge is 0.200 e. The van der Waals surface area contributed by atoms with E-state index in [4.69, 9.17) is 0 Å². The summed E-state index contributed by atoms with van der Waals surface area (Å²) in [5.41, 5.74) is -1.14. The molecule has 0 amide bonds. The van der Waals surface area contributed by atoms with Crippen molar-refractivity contribution in [1.82, 2.24) is 0 Å². The van der Waals surface area contributed by atoms with Crippen LogP contribution in [0.2, 0.25) is 0 Å². The SMILES string of the molecule is CCCCCC=Nc1c(F)c(F)c(F)c(F)c1F. The summed E-state index contributed by atoms with van der Waals surface area (Å²) in [7, 11) is 0. The third-order valence-corrected chi connectivity index (χ3v) is 2.34. The first-order valence-electron chi connectivity index (χ1n) is 5.54. The molecule has 1 aromatic rings. The first-order valence-corrected chi connectivity index (χ1v) is 5.54. The van der Waals surface area contributed by atoms with Gasteiger partial charge in [-0.25, -0.2) is 22.0 Å². The molecule has 0 aliphatic heterocycles. The highest BCUT2D eigenvalue weighted by Crippen LogP contribution is 2.29. The average Bonchev–Trinajstić information content (AvgIpc) is 2.37. The highest BCUT2D eigenvalue weighted by Gasteiger charge is 2.25. The summed E-state index contributed by atoms with van der Waals surface area (Å²) in [4.78, 5) is 3.32. The van der Waals surface area contributed by atoms with E-state index in [1.165, 1.54) is 0 Å². The van der Waals surface area contributed by atoms with Crippen molar-refractivity contribution in [2.24, 2.45) is 4.99 Å². The molecular weight excluding hydrogens is 253 g/mol. The second-order valence-corrected chi connectivity index (χ2v) is 3.73. The van der Waals surface area contributed by atoms with Gasteiger partial charge in [0.2, 0.25) is 5.82 Å². The Hall–Kier alpha value is -1.46. The van der Waals surface area contributed by atoms with E-state index in [0.29, 0.717) is 6.42 Å². The van der Waals surface area contributed by atoms with Crippen molar-refractivity contribution in [3.63, 3.8) is 0 Å². The molecular formula is C12H12F5N. The average molecular weight is 265 g/mol. The zero-order valence-corrected chi connectivity index (χ0v) is 9.74. The minimum atomic E-state index is -2.17. The van der Waals surface area contributed by atoms with Crippen molar-refractivity contribution in [2.45, 2.75) is 32.6 Å². The molecule has 0 saturated heterocycles. The van der Waals surface area contributed by atoms with Gasteiger partial charge >= 0.3 is 0 Å². The zero-order valence-electron chi connectivity index (χ0n) is 9.74. The molecule has 0 bridgehead atoms. The first-order chi connectivity index (χ1) is 8.50. The van der Waals surface area contributed by atoms with Gasteiger partial charge in [0, 0.05) is 6.21 Å². The summed E-state index contributed by atoms with van der Waals surface area (Å²) in [6, 6.07) is 0. The van der Waals surface area contributed by atoms with Crippen molar-refractivity contribution in [3.8, 4) is 0 Å². The Kier molecular flexibility index (Phi) is 5.25. The maximum Gasteiger partial charge on any atom is 0.200 e. The summed E-state index contributed by atoms with van der Waals surface area (Å²) in [6.07, 6.45) is 4.19. The number of hydrogen-bond acceptors (Lipinski definition) is 1. The normalized spacial score (nSPS) is 11.4. The number of nitrogens with zero attached hydrogens (tertiary/aromatic N) is 1. The minimum Gasteiger partial charge on any atom is -0.255 e. The lowest BCUT2D eigenvalue weighted by molar-refractivity contribution is 0.381. The molecule has 0 spiro atoms. The predicted octanol–water partition coefficient (Wildman–Crippen LogP) is 4.66. The fraction of sp³-hybridized carbons (Fsp3) is 0.417. The number of halogens is 5. The summed E-state index contributed by atoms with van der Waals surface area (Å²) in [6.45, 7) is 1.97. The summed E-state index contributed by atoms with van der Waals surface area (Å²) in [5.74, 6) is -9.93. The van der Waals surface area contributed by atoms with Gasteiger partial charge in [0.25, 0.3) is 0 Å². The Morgan fingerprint density at radius 3 is 1.83 bits per heavy atom. The third kappa shape index (κ3) is 3.05. The van der Waals surface area contributed by atoms with Crippen LogP contribution in [0, 0.1) is 29.1 Å². The second-order valence-electron chi connectivity index (χ2n) is 3.73. The maximum atomic E-state index is 13.1. The molecule has 1 rings (SSSR count). The van der Waals surface area contributed by atoms with Crippen LogP contribution in [0.1, 0.15) is 32.6 Å². The third-order valence-electron chi connectivity index (χ3n) is 2.34. The molecule has 6 heteroatoms. The van der Waals surface area contributed by atoms with Crippen molar-refractivity contribution < 1.29 is 22.0 Å². The number of aliphatic imine (C=N–C) groups is 1. The van der Waals surface area contributed by atoms with Gasteiger partial charge in [-0.05, 0) is 12.8 Å². The molecule has 1 aromatic carbocycles. The standard InChI is InChI=1S/C12H12F5N/c1-2-3-4-5-6-18-12-10(16)8(14)7(13)9(15)11(12)17/h6H,2-5H2,1H3. The Bertz CT molecular complexity index is 427. The van der Waals surface area contributed by atoms with E-state index in [2.05, 4.69) is 4.99 Å². The molecule has 1 nitrogen and oxygen atoms in total. The number of benzene rings is 1. The van der Waals surface area contributed by atoms with Crippen molar-refractivity contribution >= 4 is 11.9 Å². The maximum absolute atomic E-state index is 13.1. The van der Waals surface area contributed by atoms with E-state index >= 15 is 0 Å². The molecule has 0 atom stereocenters. The fourth-order valence-corrected chi connectivity index (χ4v) is 1.35. The highest BCUT2D eigenvalue weighted by molar-refractivity contribution is 5.63. The van der Waals surface area contributed by atoms with E-state index in [0.717, 1.165) is 25.5 Å². The van der Waals surface area contributed by atoms with Gasteiger partial charge in [-0.1, -0.05) is 19.8 Å². The van der Waals surface area contributed by atoms with Crippen LogP contribution in [0.15, 0.2) is 4.99 Å². The number of rotatable bonds is 5. The lowest BCUT2D eigenvalue weighted by atomic mass is 10.2. The highest BCUT2D eigenvalue weighted by atomic mass is 19.2. The Labute approximate surface area is 101 Å². The molecule has 0 radical (unpaired) electrons. The molecule has 0 N–H and O–H groups in total. The summed E-state index contributed by atoms with van der Waals surface area (Å²) < 4.78 is 64.6. The quantitative estimate of drug-likeness (QED) is 0.241. The van der Waals surface area contributed by atoms with E-state index in [-0.39, 0.29) is 0 Å². The molecule has 0 aromatic heterocycles. The molecule has 18 heavy (non-hydrogen) atoms. The molecule has 0 aliphatic carbocycles. The van der Waals surface area contributed by atoms with E-state index in [1.807, 2.05) is 6.92 Å². The largest absolute Gasteiger partial charge is 0.255 e. The van der Waals surface area contributed by atoms with E-state index in [9.17, 15) is 22.0 Å². The number of unbranched alkanes of at least 4 members (excludes halogenated alkanes) is 3. The van der Waals surface area contributed by atoms with Crippen LogP contribution in [0.25, 0.3) is 0 Å². The summed E-state index contributed by atoms with van der Waals surface area (Å²) in [5, 5.41) is 0. The molecule has 0 unspecified atom stereocenters. The fourth-order valence-electron chi connectivity index (χ4n) is 1.35. The van der Waals surface area contributed by atoms with E-state index in [1.54, 1.807) is 0 Å². The van der Waals surface area contributed by atoms with E-state index < -0.39 is 34.8 Å². The van der Waals surface area contributed by atoms with Crippen LogP contribution < -0.4 is 0 Å². The van der Waals surface area contributed by atoms with Crippen molar-refractivity contribution in [1.29, 1.82) is 0 Å². The van der Waals surface area contributed by atoms with Crippen LogP contribution in [-0.4, -0.2) is 6.21 Å².